The molecule has 0 unspecified atom stereocenters. The molecule has 2 heterocycles. The highest BCUT2D eigenvalue weighted by molar-refractivity contribution is 5.89. The molecule has 0 radical (unpaired) electrons. The lowest BCUT2D eigenvalue weighted by Gasteiger charge is -2.36. The Balaban J connectivity index is 1.56. The number of piperazine rings is 1. The van der Waals surface area contributed by atoms with Gasteiger partial charge in [-0.25, -0.2) is 14.1 Å². The van der Waals surface area contributed by atoms with Crippen molar-refractivity contribution in [3.05, 3.63) is 71.6 Å². The van der Waals surface area contributed by atoms with Crippen LogP contribution in [0.2, 0.25) is 0 Å². The molecular formula is C25H28FN5O2. The number of rotatable bonds is 6. The molecule has 1 aromatic heterocycles. The predicted octanol–water partition coefficient (Wildman–Crippen LogP) is 3.22. The minimum Gasteiger partial charge on any atom is -0.353 e. The summed E-state index contributed by atoms with van der Waals surface area (Å²) in [4.78, 5) is 32.1. The van der Waals surface area contributed by atoms with Gasteiger partial charge in [0.1, 0.15) is 23.5 Å². The van der Waals surface area contributed by atoms with Crippen LogP contribution in [-0.2, 0) is 16.0 Å². The standard InChI is InChI=1S/C25H28FN5O2/c1-16(31-18(3)28-17(2)29-31)14-24(32)30-13-12-27-25(33)23(30)15-20-6-4-5-7-22(20)19-8-10-21(26)11-9-19/h4-11,16,23H,12-15H2,1-3H3,(H,27,33)/t16-,23+/m0/s1. The minimum absolute atomic E-state index is 0.0887. The number of aryl methyl sites for hydroxylation is 2. The smallest absolute Gasteiger partial charge is 0.243 e. The van der Waals surface area contributed by atoms with Crippen molar-refractivity contribution in [1.29, 1.82) is 0 Å². The molecule has 8 heteroatoms. The van der Waals surface area contributed by atoms with Gasteiger partial charge in [0.15, 0.2) is 0 Å². The molecule has 1 aliphatic rings. The van der Waals surface area contributed by atoms with Crippen LogP contribution in [-0.4, -0.2) is 50.6 Å². The molecule has 1 aliphatic heterocycles. The monoisotopic (exact) mass is 449 g/mol. The first-order valence-electron chi connectivity index (χ1n) is 11.1. The normalized spacial score (nSPS) is 17.0. The first-order valence-corrected chi connectivity index (χ1v) is 11.1. The Hall–Kier alpha value is -3.55. The van der Waals surface area contributed by atoms with Crippen LogP contribution in [0, 0.1) is 19.7 Å². The first kappa shape index (κ1) is 22.6. The Morgan fingerprint density at radius 2 is 1.91 bits per heavy atom. The second kappa shape index (κ2) is 9.52. The zero-order valence-corrected chi connectivity index (χ0v) is 19.1. The number of benzene rings is 2. The predicted molar refractivity (Wildman–Crippen MR) is 123 cm³/mol. The summed E-state index contributed by atoms with van der Waals surface area (Å²) in [6.07, 6.45) is 0.605. The van der Waals surface area contributed by atoms with E-state index in [0.717, 1.165) is 22.5 Å². The van der Waals surface area contributed by atoms with Crippen LogP contribution < -0.4 is 5.32 Å². The van der Waals surface area contributed by atoms with Gasteiger partial charge >= 0.3 is 0 Å². The van der Waals surface area contributed by atoms with Crippen molar-refractivity contribution < 1.29 is 14.0 Å². The molecule has 0 aliphatic carbocycles. The summed E-state index contributed by atoms with van der Waals surface area (Å²) < 4.78 is 15.2. The third-order valence-corrected chi connectivity index (χ3v) is 6.03. The average Bonchev–Trinajstić information content (AvgIpc) is 3.14. The van der Waals surface area contributed by atoms with Crippen LogP contribution in [0.4, 0.5) is 4.39 Å². The number of nitrogens with zero attached hydrogens (tertiary/aromatic N) is 4. The van der Waals surface area contributed by atoms with E-state index in [0.29, 0.717) is 25.3 Å². The number of hydrogen-bond donors (Lipinski definition) is 1. The molecular weight excluding hydrogens is 421 g/mol. The quantitative estimate of drug-likeness (QED) is 0.627. The molecule has 33 heavy (non-hydrogen) atoms. The third kappa shape index (κ3) is 4.94. The summed E-state index contributed by atoms with van der Waals surface area (Å²) in [5.74, 6) is 0.873. The molecule has 1 fully saturated rings. The van der Waals surface area contributed by atoms with Crippen LogP contribution in [0.15, 0.2) is 48.5 Å². The van der Waals surface area contributed by atoms with Gasteiger partial charge in [-0.3, -0.25) is 9.59 Å². The number of nitrogens with one attached hydrogen (secondary N) is 1. The zero-order chi connectivity index (χ0) is 23.5. The summed E-state index contributed by atoms with van der Waals surface area (Å²) in [5, 5.41) is 7.28. The van der Waals surface area contributed by atoms with E-state index in [1.165, 1.54) is 12.1 Å². The molecule has 1 saturated heterocycles. The van der Waals surface area contributed by atoms with Crippen LogP contribution >= 0.6 is 0 Å². The Labute approximate surface area is 192 Å². The molecule has 2 amide bonds. The SMILES string of the molecule is Cc1nc(C)n([C@@H](C)CC(=O)N2CCNC(=O)[C@H]2Cc2ccccc2-c2ccc(F)cc2)n1. The fraction of sp³-hybridized carbons (Fsp3) is 0.360. The summed E-state index contributed by atoms with van der Waals surface area (Å²) in [6, 6.07) is 13.2. The van der Waals surface area contributed by atoms with Crippen molar-refractivity contribution in [2.24, 2.45) is 0 Å². The molecule has 3 aromatic rings. The van der Waals surface area contributed by atoms with Crippen molar-refractivity contribution >= 4 is 11.8 Å². The summed E-state index contributed by atoms with van der Waals surface area (Å²) in [6.45, 7) is 6.50. The molecule has 2 atom stereocenters. The minimum atomic E-state index is -0.612. The van der Waals surface area contributed by atoms with Crippen molar-refractivity contribution in [3.63, 3.8) is 0 Å². The molecule has 2 aromatic carbocycles. The molecule has 4 rings (SSSR count). The van der Waals surface area contributed by atoms with Gasteiger partial charge in [-0.2, -0.15) is 5.10 Å². The highest BCUT2D eigenvalue weighted by Gasteiger charge is 2.34. The Morgan fingerprint density at radius 1 is 1.18 bits per heavy atom. The molecule has 0 saturated carbocycles. The van der Waals surface area contributed by atoms with Gasteiger partial charge in [0.25, 0.3) is 0 Å². The fourth-order valence-corrected chi connectivity index (χ4v) is 4.44. The van der Waals surface area contributed by atoms with Crippen molar-refractivity contribution in [3.8, 4) is 11.1 Å². The largest absolute Gasteiger partial charge is 0.353 e. The van der Waals surface area contributed by atoms with Crippen molar-refractivity contribution in [1.82, 2.24) is 25.0 Å². The average molecular weight is 450 g/mol. The van der Waals surface area contributed by atoms with E-state index in [9.17, 15) is 14.0 Å². The Kier molecular flexibility index (Phi) is 6.53. The van der Waals surface area contributed by atoms with E-state index >= 15 is 0 Å². The highest BCUT2D eigenvalue weighted by atomic mass is 19.1. The number of carbonyl (C=O) groups excluding carboxylic acids is 2. The maximum Gasteiger partial charge on any atom is 0.243 e. The van der Waals surface area contributed by atoms with Crippen LogP contribution in [0.1, 0.15) is 36.6 Å². The molecule has 172 valence electrons. The lowest BCUT2D eigenvalue weighted by molar-refractivity contribution is -0.143. The van der Waals surface area contributed by atoms with Gasteiger partial charge in [-0.05, 0) is 49.6 Å². The number of aromatic nitrogens is 3. The maximum absolute atomic E-state index is 13.4. The van der Waals surface area contributed by atoms with Gasteiger partial charge in [-0.15, -0.1) is 0 Å². The van der Waals surface area contributed by atoms with E-state index in [-0.39, 0.29) is 30.1 Å². The van der Waals surface area contributed by atoms with E-state index in [2.05, 4.69) is 15.4 Å². The third-order valence-electron chi connectivity index (χ3n) is 6.03. The van der Waals surface area contributed by atoms with Gasteiger partial charge in [0.05, 0.1) is 6.04 Å². The first-order chi connectivity index (χ1) is 15.8. The summed E-state index contributed by atoms with van der Waals surface area (Å²) >= 11 is 0. The van der Waals surface area contributed by atoms with E-state index in [1.54, 1.807) is 21.7 Å². The summed E-state index contributed by atoms with van der Waals surface area (Å²) in [7, 11) is 0. The van der Waals surface area contributed by atoms with Crippen molar-refractivity contribution in [2.45, 2.75) is 45.7 Å². The van der Waals surface area contributed by atoms with Gasteiger partial charge in [0.2, 0.25) is 11.8 Å². The van der Waals surface area contributed by atoms with Gasteiger partial charge < -0.3 is 10.2 Å². The van der Waals surface area contributed by atoms with Crippen LogP contribution in [0.5, 0.6) is 0 Å². The van der Waals surface area contributed by atoms with Gasteiger partial charge in [0, 0.05) is 25.9 Å². The second-order valence-electron chi connectivity index (χ2n) is 8.47. The van der Waals surface area contributed by atoms with E-state index < -0.39 is 6.04 Å². The van der Waals surface area contributed by atoms with Crippen LogP contribution in [0.25, 0.3) is 11.1 Å². The molecule has 0 bridgehead atoms. The van der Waals surface area contributed by atoms with Crippen molar-refractivity contribution in [2.75, 3.05) is 13.1 Å². The fourth-order valence-electron chi connectivity index (χ4n) is 4.44. The highest BCUT2D eigenvalue weighted by Crippen LogP contribution is 2.27. The zero-order valence-electron chi connectivity index (χ0n) is 19.1. The topological polar surface area (TPSA) is 80.1 Å². The van der Waals surface area contributed by atoms with E-state index in [4.69, 9.17) is 0 Å². The number of hydrogen-bond acceptors (Lipinski definition) is 4. The number of carbonyl (C=O) groups is 2. The maximum atomic E-state index is 13.4. The Morgan fingerprint density at radius 3 is 2.61 bits per heavy atom. The van der Waals surface area contributed by atoms with E-state index in [1.807, 2.05) is 45.0 Å². The van der Waals surface area contributed by atoms with Gasteiger partial charge in [-0.1, -0.05) is 36.4 Å². The lowest BCUT2D eigenvalue weighted by Crippen LogP contribution is -2.58. The second-order valence-corrected chi connectivity index (χ2v) is 8.47. The Bertz CT molecular complexity index is 1160. The lowest BCUT2D eigenvalue weighted by atomic mass is 9.93. The van der Waals surface area contributed by atoms with Crippen LogP contribution in [0.3, 0.4) is 0 Å². The number of amides is 2. The molecule has 7 nitrogen and oxygen atoms in total. The molecule has 0 spiro atoms. The summed E-state index contributed by atoms with van der Waals surface area (Å²) in [5.41, 5.74) is 2.72. The molecule has 1 N–H and O–H groups in total. The number of halogens is 1.